The fourth-order valence-electron chi connectivity index (χ4n) is 2.49. The molecule has 1 aromatic carbocycles. The van der Waals surface area contributed by atoms with Crippen molar-refractivity contribution >= 4 is 34.9 Å². The number of benzene rings is 1. The van der Waals surface area contributed by atoms with Gasteiger partial charge in [-0.1, -0.05) is 17.7 Å². The molecule has 1 aromatic rings. The Bertz CT molecular complexity index is 841. The van der Waals surface area contributed by atoms with Crippen LogP contribution in [-0.4, -0.2) is 24.7 Å². The summed E-state index contributed by atoms with van der Waals surface area (Å²) in [5.74, 6) is -1.79. The topological polar surface area (TPSA) is 109 Å². The molecule has 0 saturated heterocycles. The normalized spacial score (nSPS) is 15.3. The largest absolute Gasteiger partial charge is 0.417 e. The number of nitrogens with zero attached hydrogens (tertiary/aromatic N) is 1. The van der Waals surface area contributed by atoms with Gasteiger partial charge in [0.15, 0.2) is 0 Å². The Morgan fingerprint density at radius 2 is 1.93 bits per heavy atom. The lowest BCUT2D eigenvalue weighted by Gasteiger charge is -2.15. The van der Waals surface area contributed by atoms with Gasteiger partial charge in [0.25, 0.3) is 0 Å². The molecule has 0 saturated carbocycles. The molecule has 166 valence electrons. The molecule has 5 N–H and O–H groups in total. The third-order valence-corrected chi connectivity index (χ3v) is 4.05. The van der Waals surface area contributed by atoms with E-state index in [4.69, 9.17) is 11.6 Å². The van der Waals surface area contributed by atoms with E-state index < -0.39 is 28.5 Å². The van der Waals surface area contributed by atoms with Gasteiger partial charge in [-0.15, -0.1) is 0 Å². The van der Waals surface area contributed by atoms with Crippen LogP contribution in [-0.2, 0) is 11.0 Å². The minimum absolute atomic E-state index is 0.230. The number of nitrogens with one attached hydrogen (secondary N) is 3. The number of allylic oxidation sites excluding steroid dienone is 2. The minimum atomic E-state index is -4.73. The van der Waals surface area contributed by atoms with Crippen molar-refractivity contribution < 1.29 is 27.2 Å². The first-order chi connectivity index (χ1) is 14.1. The van der Waals surface area contributed by atoms with Crippen molar-refractivity contribution in [1.82, 2.24) is 10.7 Å². The second-order valence-electron chi connectivity index (χ2n) is 5.98. The predicted molar refractivity (Wildman–Crippen MR) is 106 cm³/mol. The number of urea groups is 1. The zero-order chi connectivity index (χ0) is 22.9. The SMILES string of the molecule is CC(=O)Nc1cc(Cl)c(C(F)(F)F)cc1F.CN.O=C1NN=C2CCCCC=C2N1. The molecular weight excluding hydrogens is 430 g/mol. The third kappa shape index (κ3) is 7.64. The molecule has 1 heterocycles. The molecule has 0 aromatic heterocycles. The number of anilines is 1. The molecule has 1 aliphatic carbocycles. The fraction of sp³-hybridized carbons (Fsp3) is 0.389. The average molecular weight is 452 g/mol. The summed E-state index contributed by atoms with van der Waals surface area (Å²) < 4.78 is 50.0. The maximum Gasteiger partial charge on any atom is 0.417 e. The van der Waals surface area contributed by atoms with Crippen LogP contribution in [0.3, 0.4) is 0 Å². The third-order valence-electron chi connectivity index (χ3n) is 3.74. The molecule has 30 heavy (non-hydrogen) atoms. The van der Waals surface area contributed by atoms with Crippen molar-refractivity contribution in [3.63, 3.8) is 0 Å². The first-order valence-electron chi connectivity index (χ1n) is 8.83. The summed E-state index contributed by atoms with van der Waals surface area (Å²) >= 11 is 5.33. The van der Waals surface area contributed by atoms with Crippen LogP contribution in [0.4, 0.5) is 28.0 Å². The maximum absolute atomic E-state index is 13.1. The number of fused-ring (bicyclic) bond motifs is 1. The molecule has 3 amide bonds. The van der Waals surface area contributed by atoms with E-state index in [-0.39, 0.29) is 17.8 Å². The van der Waals surface area contributed by atoms with Crippen molar-refractivity contribution in [3.05, 3.63) is 40.3 Å². The number of alkyl halides is 3. The zero-order valence-electron chi connectivity index (χ0n) is 16.3. The van der Waals surface area contributed by atoms with Crippen LogP contribution in [0.2, 0.25) is 5.02 Å². The van der Waals surface area contributed by atoms with Crippen LogP contribution in [0, 0.1) is 5.82 Å². The highest BCUT2D eigenvalue weighted by atomic mass is 35.5. The summed E-state index contributed by atoms with van der Waals surface area (Å²) in [6.07, 6.45) is 1.64. The second kappa shape index (κ2) is 11.5. The van der Waals surface area contributed by atoms with Crippen LogP contribution < -0.4 is 21.8 Å². The fourth-order valence-corrected chi connectivity index (χ4v) is 2.76. The van der Waals surface area contributed by atoms with Crippen molar-refractivity contribution in [2.45, 2.75) is 38.8 Å². The van der Waals surface area contributed by atoms with E-state index in [1.807, 2.05) is 11.4 Å². The number of hydrazone groups is 1. The van der Waals surface area contributed by atoms with E-state index in [1.54, 1.807) is 0 Å². The van der Waals surface area contributed by atoms with Crippen LogP contribution in [0.1, 0.15) is 38.2 Å². The van der Waals surface area contributed by atoms with E-state index in [9.17, 15) is 27.2 Å². The van der Waals surface area contributed by atoms with Crippen LogP contribution in [0.5, 0.6) is 0 Å². The van der Waals surface area contributed by atoms with Crippen LogP contribution >= 0.6 is 11.6 Å². The molecule has 7 nitrogen and oxygen atoms in total. The monoisotopic (exact) mass is 451 g/mol. The quantitative estimate of drug-likeness (QED) is 0.482. The number of hydrogen-bond donors (Lipinski definition) is 4. The molecule has 1 aliphatic heterocycles. The molecule has 0 bridgehead atoms. The lowest BCUT2D eigenvalue weighted by molar-refractivity contribution is -0.137. The van der Waals surface area contributed by atoms with Gasteiger partial charge in [-0.2, -0.15) is 18.3 Å². The summed E-state index contributed by atoms with van der Waals surface area (Å²) in [6.45, 7) is 1.10. The maximum atomic E-state index is 13.1. The number of hydrogen-bond acceptors (Lipinski definition) is 4. The number of rotatable bonds is 1. The Hall–Kier alpha value is -2.66. The van der Waals surface area contributed by atoms with E-state index in [1.165, 1.54) is 13.5 Å². The Morgan fingerprint density at radius 1 is 1.27 bits per heavy atom. The van der Waals surface area contributed by atoms with Crippen LogP contribution in [0.15, 0.2) is 29.0 Å². The van der Waals surface area contributed by atoms with Gasteiger partial charge in [0, 0.05) is 6.92 Å². The first-order valence-corrected chi connectivity index (χ1v) is 9.21. The zero-order valence-corrected chi connectivity index (χ0v) is 17.0. The van der Waals surface area contributed by atoms with Crippen molar-refractivity contribution in [2.24, 2.45) is 10.8 Å². The molecule has 0 spiro atoms. The van der Waals surface area contributed by atoms with Gasteiger partial charge >= 0.3 is 12.2 Å². The average Bonchev–Trinajstić information content (AvgIpc) is 2.90. The minimum Gasteiger partial charge on any atom is -0.333 e. The summed E-state index contributed by atoms with van der Waals surface area (Å²) in [5.41, 5.74) is 7.12. The molecule has 2 aliphatic rings. The number of carbonyl (C=O) groups is 2. The molecule has 12 heteroatoms. The Morgan fingerprint density at radius 3 is 2.53 bits per heavy atom. The summed E-state index contributed by atoms with van der Waals surface area (Å²) in [5, 5.41) is 8.08. The van der Waals surface area contributed by atoms with Crippen molar-refractivity contribution in [3.8, 4) is 0 Å². The van der Waals surface area contributed by atoms with E-state index in [0.717, 1.165) is 43.7 Å². The van der Waals surface area contributed by atoms with Gasteiger partial charge in [0.2, 0.25) is 5.91 Å². The van der Waals surface area contributed by atoms with E-state index in [2.05, 4.69) is 21.6 Å². The summed E-state index contributed by atoms with van der Waals surface area (Å²) in [7, 11) is 1.50. The molecule has 3 rings (SSSR count). The molecule has 0 radical (unpaired) electrons. The smallest absolute Gasteiger partial charge is 0.333 e. The second-order valence-corrected chi connectivity index (χ2v) is 6.39. The van der Waals surface area contributed by atoms with Gasteiger partial charge in [-0.05, 0) is 44.9 Å². The highest BCUT2D eigenvalue weighted by Gasteiger charge is 2.34. The van der Waals surface area contributed by atoms with Gasteiger partial charge in [-0.25, -0.2) is 14.6 Å². The van der Waals surface area contributed by atoms with Gasteiger partial charge < -0.3 is 16.4 Å². The van der Waals surface area contributed by atoms with Gasteiger partial charge in [0.05, 0.1) is 27.7 Å². The number of halogens is 5. The standard InChI is InChI=1S/C9H6ClF4NO.C8H11N3O.CH5N/c1-4(16)15-8-3-6(10)5(2-7(8)11)9(12,13)14;12-8-9-6-4-2-1-3-5-7(6)10-11-8;1-2/h2-3H,1H3,(H,15,16);4H,1-3,5H2,(H2,9,11,12);2H2,1H3. The summed E-state index contributed by atoms with van der Waals surface area (Å²) in [4.78, 5) is 21.5. The number of amides is 3. The molecule has 0 fully saturated rings. The molecule has 0 unspecified atom stereocenters. The van der Waals surface area contributed by atoms with Gasteiger partial charge in [0.1, 0.15) is 5.82 Å². The Kier molecular flexibility index (Phi) is 9.73. The van der Waals surface area contributed by atoms with Crippen molar-refractivity contribution in [1.29, 1.82) is 0 Å². The van der Waals surface area contributed by atoms with E-state index >= 15 is 0 Å². The number of nitrogens with two attached hydrogens (primary N) is 1. The highest BCUT2D eigenvalue weighted by molar-refractivity contribution is 6.31. The predicted octanol–water partition coefficient (Wildman–Crippen LogP) is 4.14. The Balaban J connectivity index is 0.000000285. The summed E-state index contributed by atoms with van der Waals surface area (Å²) in [6, 6.07) is 0.737. The Labute approximate surface area is 175 Å². The molecule has 0 atom stereocenters. The first kappa shape index (κ1) is 25.4. The molecular formula is C18H22ClF4N5O2. The van der Waals surface area contributed by atoms with Crippen molar-refractivity contribution in [2.75, 3.05) is 12.4 Å². The van der Waals surface area contributed by atoms with E-state index in [0.29, 0.717) is 0 Å². The number of carbonyl (C=O) groups excluding carboxylic acids is 2. The van der Waals surface area contributed by atoms with Crippen LogP contribution in [0.25, 0.3) is 0 Å². The van der Waals surface area contributed by atoms with Gasteiger partial charge in [-0.3, -0.25) is 4.79 Å². The lowest BCUT2D eigenvalue weighted by Crippen LogP contribution is -2.39. The lowest BCUT2D eigenvalue weighted by atomic mass is 10.2. The highest BCUT2D eigenvalue weighted by Crippen LogP contribution is 2.37.